The maximum atomic E-state index is 4.37. The average Bonchev–Trinajstić information content (AvgIpc) is 2.94. The van der Waals surface area contributed by atoms with E-state index < -0.39 is 0 Å². The summed E-state index contributed by atoms with van der Waals surface area (Å²) in [6.45, 7) is 7.75. The minimum absolute atomic E-state index is 0.252. The van der Waals surface area contributed by atoms with E-state index in [0.29, 0.717) is 12.0 Å². The summed E-state index contributed by atoms with van der Waals surface area (Å²) < 4.78 is 0. The minimum atomic E-state index is 0.252. The quantitative estimate of drug-likeness (QED) is 0.890. The summed E-state index contributed by atoms with van der Waals surface area (Å²) in [5.74, 6) is 0.702. The second-order valence-electron chi connectivity index (χ2n) is 6.63. The topological polar surface area (TPSA) is 41.0 Å². The molecule has 122 valence electrons. The van der Waals surface area contributed by atoms with Gasteiger partial charge in [-0.25, -0.2) is 0 Å². The number of benzene rings is 1. The maximum Gasteiger partial charge on any atom is 0.0753 e. The van der Waals surface area contributed by atoms with Crippen LogP contribution in [0, 0.1) is 5.92 Å². The van der Waals surface area contributed by atoms with Crippen LogP contribution in [0.25, 0.3) is 0 Å². The molecule has 1 aliphatic heterocycles. The fourth-order valence-electron chi connectivity index (χ4n) is 3.39. The van der Waals surface area contributed by atoms with Crippen molar-refractivity contribution in [1.82, 2.24) is 20.2 Å². The molecule has 1 aliphatic rings. The summed E-state index contributed by atoms with van der Waals surface area (Å²) in [5.41, 5.74) is 2.42. The zero-order valence-electron chi connectivity index (χ0n) is 14.0. The third-order valence-corrected chi connectivity index (χ3v) is 4.76. The van der Waals surface area contributed by atoms with Gasteiger partial charge in [0.15, 0.2) is 0 Å². The van der Waals surface area contributed by atoms with E-state index in [1.807, 2.05) is 6.20 Å². The lowest BCUT2D eigenvalue weighted by Crippen LogP contribution is -2.29. The van der Waals surface area contributed by atoms with Crippen LogP contribution in [-0.4, -0.2) is 34.0 Å². The van der Waals surface area contributed by atoms with Crippen LogP contribution in [0.15, 0.2) is 48.9 Å². The number of hydrogen-bond donors (Lipinski definition) is 1. The number of nitrogens with zero attached hydrogens (tertiary/aromatic N) is 3. The van der Waals surface area contributed by atoms with Crippen LogP contribution in [0.4, 0.5) is 0 Å². The molecular weight excluding hydrogens is 284 g/mol. The largest absolute Gasteiger partial charge is 0.308 e. The van der Waals surface area contributed by atoms with Crippen LogP contribution in [0.3, 0.4) is 0 Å². The molecule has 1 saturated heterocycles. The molecule has 2 aromatic rings. The molecule has 0 amide bonds. The Bertz CT molecular complexity index is 587. The first-order valence-electron chi connectivity index (χ1n) is 8.49. The molecule has 0 radical (unpaired) electrons. The highest BCUT2D eigenvalue weighted by atomic mass is 15.2. The first-order chi connectivity index (χ1) is 11.2. The molecule has 1 aromatic heterocycles. The van der Waals surface area contributed by atoms with Gasteiger partial charge in [-0.3, -0.25) is 14.9 Å². The average molecular weight is 310 g/mol. The van der Waals surface area contributed by atoms with E-state index in [0.717, 1.165) is 25.3 Å². The van der Waals surface area contributed by atoms with Gasteiger partial charge >= 0.3 is 0 Å². The van der Waals surface area contributed by atoms with E-state index in [-0.39, 0.29) is 6.04 Å². The molecule has 0 bridgehead atoms. The minimum Gasteiger partial charge on any atom is -0.308 e. The van der Waals surface area contributed by atoms with E-state index in [1.54, 1.807) is 12.4 Å². The van der Waals surface area contributed by atoms with Gasteiger partial charge in [-0.15, -0.1) is 0 Å². The van der Waals surface area contributed by atoms with Gasteiger partial charge in [-0.05, 0) is 38.3 Å². The molecule has 4 nitrogen and oxygen atoms in total. The fraction of sp³-hybridized carbons (Fsp3) is 0.474. The monoisotopic (exact) mass is 310 g/mol. The van der Waals surface area contributed by atoms with Crippen LogP contribution in [-0.2, 0) is 6.54 Å². The van der Waals surface area contributed by atoms with Crippen molar-refractivity contribution in [2.24, 2.45) is 5.92 Å². The Morgan fingerprint density at radius 2 is 2.09 bits per heavy atom. The Morgan fingerprint density at radius 1 is 1.26 bits per heavy atom. The Balaban J connectivity index is 1.49. The smallest absolute Gasteiger partial charge is 0.0753 e. The van der Waals surface area contributed by atoms with Crippen molar-refractivity contribution in [3.63, 3.8) is 0 Å². The Kier molecular flexibility index (Phi) is 5.36. The highest BCUT2D eigenvalue weighted by Crippen LogP contribution is 2.25. The zero-order chi connectivity index (χ0) is 16.1. The lowest BCUT2D eigenvalue weighted by molar-refractivity contribution is 0.254. The lowest BCUT2D eigenvalue weighted by atomic mass is 10.1. The molecule has 23 heavy (non-hydrogen) atoms. The Morgan fingerprint density at radius 3 is 2.83 bits per heavy atom. The number of likely N-dealkylation sites (tertiary alicyclic amines) is 1. The normalized spacial score (nSPS) is 23.0. The molecule has 2 heterocycles. The highest BCUT2D eigenvalue weighted by molar-refractivity contribution is 5.15. The van der Waals surface area contributed by atoms with Crippen molar-refractivity contribution in [1.29, 1.82) is 0 Å². The SMILES string of the molecule is C[C@H](NC[C@@H]1C[C@H](C)N(Cc2ccccc2)C1)c1cnccn1. The van der Waals surface area contributed by atoms with Crippen LogP contribution in [0.2, 0.25) is 0 Å². The highest BCUT2D eigenvalue weighted by Gasteiger charge is 2.28. The number of aromatic nitrogens is 2. The van der Waals surface area contributed by atoms with Crippen molar-refractivity contribution in [3.8, 4) is 0 Å². The van der Waals surface area contributed by atoms with Crippen LogP contribution >= 0.6 is 0 Å². The van der Waals surface area contributed by atoms with Crippen LogP contribution in [0.5, 0.6) is 0 Å². The summed E-state index contributed by atoms with van der Waals surface area (Å²) in [5, 5.41) is 3.62. The third-order valence-electron chi connectivity index (χ3n) is 4.76. The molecule has 3 atom stereocenters. The van der Waals surface area contributed by atoms with Gasteiger partial charge in [0, 0.05) is 43.8 Å². The predicted molar refractivity (Wildman–Crippen MR) is 92.9 cm³/mol. The van der Waals surface area contributed by atoms with Gasteiger partial charge in [0.05, 0.1) is 5.69 Å². The van der Waals surface area contributed by atoms with Crippen LogP contribution in [0.1, 0.15) is 37.6 Å². The van der Waals surface area contributed by atoms with Crippen molar-refractivity contribution < 1.29 is 0 Å². The molecule has 0 spiro atoms. The summed E-state index contributed by atoms with van der Waals surface area (Å²) in [4.78, 5) is 11.1. The summed E-state index contributed by atoms with van der Waals surface area (Å²) >= 11 is 0. The number of nitrogens with one attached hydrogen (secondary N) is 1. The molecule has 1 aromatic carbocycles. The van der Waals surface area contributed by atoms with Crippen molar-refractivity contribution >= 4 is 0 Å². The molecule has 3 rings (SSSR count). The molecular formula is C19H26N4. The molecule has 1 fully saturated rings. The lowest BCUT2D eigenvalue weighted by Gasteiger charge is -2.21. The van der Waals surface area contributed by atoms with E-state index >= 15 is 0 Å². The second-order valence-corrected chi connectivity index (χ2v) is 6.63. The van der Waals surface area contributed by atoms with Crippen molar-refractivity contribution in [3.05, 3.63) is 60.2 Å². The number of rotatable bonds is 6. The van der Waals surface area contributed by atoms with Gasteiger partial charge in [0.25, 0.3) is 0 Å². The molecule has 0 saturated carbocycles. The summed E-state index contributed by atoms with van der Waals surface area (Å²) in [7, 11) is 0. The fourth-order valence-corrected chi connectivity index (χ4v) is 3.39. The zero-order valence-corrected chi connectivity index (χ0v) is 14.0. The van der Waals surface area contributed by atoms with Gasteiger partial charge in [-0.2, -0.15) is 0 Å². The second kappa shape index (κ2) is 7.66. The van der Waals surface area contributed by atoms with Gasteiger partial charge < -0.3 is 5.32 Å². The molecule has 0 aliphatic carbocycles. The Hall–Kier alpha value is -1.78. The summed E-state index contributed by atoms with van der Waals surface area (Å²) in [6, 6.07) is 11.7. The van der Waals surface area contributed by atoms with Crippen LogP contribution < -0.4 is 5.32 Å². The van der Waals surface area contributed by atoms with Gasteiger partial charge in [-0.1, -0.05) is 30.3 Å². The molecule has 4 heteroatoms. The van der Waals surface area contributed by atoms with E-state index in [9.17, 15) is 0 Å². The number of hydrogen-bond acceptors (Lipinski definition) is 4. The van der Waals surface area contributed by atoms with E-state index in [1.165, 1.54) is 12.0 Å². The van der Waals surface area contributed by atoms with Crippen molar-refractivity contribution in [2.45, 2.75) is 38.9 Å². The van der Waals surface area contributed by atoms with E-state index in [2.05, 4.69) is 64.4 Å². The third kappa shape index (κ3) is 4.36. The van der Waals surface area contributed by atoms with E-state index in [4.69, 9.17) is 0 Å². The molecule has 0 unspecified atom stereocenters. The van der Waals surface area contributed by atoms with Gasteiger partial charge in [0.2, 0.25) is 0 Å². The first kappa shape index (κ1) is 16.1. The Labute approximate surface area is 139 Å². The van der Waals surface area contributed by atoms with Gasteiger partial charge in [0.1, 0.15) is 0 Å². The van der Waals surface area contributed by atoms with Crippen molar-refractivity contribution in [2.75, 3.05) is 13.1 Å². The maximum absolute atomic E-state index is 4.37. The first-order valence-corrected chi connectivity index (χ1v) is 8.49. The predicted octanol–water partition coefficient (Wildman–Crippen LogP) is 3.04. The molecule has 1 N–H and O–H groups in total. The standard InChI is InChI=1S/C19H26N4/c1-15-10-18(11-22-16(2)19-12-20-8-9-21-19)14-23(15)13-17-6-4-3-5-7-17/h3-9,12,15-16,18,22H,10-11,13-14H2,1-2H3/t15-,16-,18-/m0/s1. The summed E-state index contributed by atoms with van der Waals surface area (Å²) in [6.07, 6.45) is 6.58.